The molecule has 3 nitrogen and oxygen atoms in total. The van der Waals surface area contributed by atoms with Crippen molar-refractivity contribution in [3.05, 3.63) is 29.4 Å². The summed E-state index contributed by atoms with van der Waals surface area (Å²) in [5, 5.41) is 0.995. The molecule has 2 rings (SSSR count). The van der Waals surface area contributed by atoms with Crippen LogP contribution in [0.1, 0.15) is 0 Å². The van der Waals surface area contributed by atoms with Crippen molar-refractivity contribution in [1.82, 2.24) is 15.0 Å². The van der Waals surface area contributed by atoms with Gasteiger partial charge in [0.05, 0.1) is 0 Å². The first kappa shape index (κ1) is 6.67. The SMILES string of the molecule is Brc1nccc2cncnc12. The van der Waals surface area contributed by atoms with E-state index in [0.717, 1.165) is 15.5 Å². The Balaban J connectivity index is 2.91. The van der Waals surface area contributed by atoms with Crippen molar-refractivity contribution < 1.29 is 0 Å². The number of aromatic nitrogens is 3. The predicted molar refractivity (Wildman–Crippen MR) is 45.0 cm³/mol. The monoisotopic (exact) mass is 209 g/mol. The van der Waals surface area contributed by atoms with E-state index >= 15 is 0 Å². The number of halogens is 1. The molecule has 2 aromatic rings. The van der Waals surface area contributed by atoms with E-state index in [4.69, 9.17) is 0 Å². The number of hydrogen-bond donors (Lipinski definition) is 0. The van der Waals surface area contributed by atoms with Gasteiger partial charge in [0.2, 0.25) is 0 Å². The zero-order valence-electron chi connectivity index (χ0n) is 5.53. The van der Waals surface area contributed by atoms with E-state index in [1.807, 2.05) is 6.07 Å². The lowest BCUT2D eigenvalue weighted by molar-refractivity contribution is 1.19. The van der Waals surface area contributed by atoms with E-state index in [-0.39, 0.29) is 0 Å². The Hall–Kier alpha value is -1.03. The molecule has 4 heteroatoms. The van der Waals surface area contributed by atoms with Gasteiger partial charge >= 0.3 is 0 Å². The van der Waals surface area contributed by atoms with Crippen LogP contribution in [-0.2, 0) is 0 Å². The zero-order chi connectivity index (χ0) is 7.68. The van der Waals surface area contributed by atoms with Gasteiger partial charge in [-0.2, -0.15) is 0 Å². The smallest absolute Gasteiger partial charge is 0.132 e. The minimum absolute atomic E-state index is 0.761. The summed E-state index contributed by atoms with van der Waals surface area (Å²) in [7, 11) is 0. The number of fused-ring (bicyclic) bond motifs is 1. The van der Waals surface area contributed by atoms with Crippen molar-refractivity contribution in [3.8, 4) is 0 Å². The molecule has 0 fully saturated rings. The molecule has 0 bridgehead atoms. The third kappa shape index (κ3) is 1.09. The molecule has 0 aromatic carbocycles. The maximum absolute atomic E-state index is 4.06. The molecule has 0 aliphatic heterocycles. The van der Waals surface area contributed by atoms with Crippen molar-refractivity contribution in [2.24, 2.45) is 0 Å². The highest BCUT2D eigenvalue weighted by molar-refractivity contribution is 9.10. The molecular weight excluding hydrogens is 206 g/mol. The van der Waals surface area contributed by atoms with Gasteiger partial charge in [-0.25, -0.2) is 15.0 Å². The number of pyridine rings is 1. The van der Waals surface area contributed by atoms with E-state index in [2.05, 4.69) is 30.9 Å². The lowest BCUT2D eigenvalue weighted by atomic mass is 10.3. The van der Waals surface area contributed by atoms with Gasteiger partial charge in [0.25, 0.3) is 0 Å². The van der Waals surface area contributed by atoms with Crippen LogP contribution in [0.15, 0.2) is 29.4 Å². The van der Waals surface area contributed by atoms with Gasteiger partial charge in [-0.05, 0) is 22.0 Å². The van der Waals surface area contributed by atoms with Gasteiger partial charge in [-0.3, -0.25) is 0 Å². The van der Waals surface area contributed by atoms with Crippen molar-refractivity contribution in [3.63, 3.8) is 0 Å². The average molecular weight is 210 g/mol. The van der Waals surface area contributed by atoms with Gasteiger partial charge in [-0.1, -0.05) is 0 Å². The van der Waals surface area contributed by atoms with Gasteiger partial charge in [-0.15, -0.1) is 0 Å². The number of rotatable bonds is 0. The minimum atomic E-state index is 0.761. The first-order valence-electron chi connectivity index (χ1n) is 3.08. The number of nitrogens with zero attached hydrogens (tertiary/aromatic N) is 3. The normalized spacial score (nSPS) is 10.3. The van der Waals surface area contributed by atoms with Gasteiger partial charge < -0.3 is 0 Å². The molecule has 0 atom stereocenters. The molecule has 2 heterocycles. The third-order valence-electron chi connectivity index (χ3n) is 1.38. The molecule has 0 unspecified atom stereocenters. The topological polar surface area (TPSA) is 38.7 Å². The summed E-state index contributed by atoms with van der Waals surface area (Å²) < 4.78 is 0.761. The minimum Gasteiger partial charge on any atom is -0.247 e. The van der Waals surface area contributed by atoms with E-state index in [1.54, 1.807) is 12.4 Å². The molecule has 0 amide bonds. The first-order chi connectivity index (χ1) is 5.38. The van der Waals surface area contributed by atoms with Crippen molar-refractivity contribution in [1.29, 1.82) is 0 Å². The Kier molecular flexibility index (Phi) is 1.54. The van der Waals surface area contributed by atoms with E-state index in [9.17, 15) is 0 Å². The van der Waals surface area contributed by atoms with Crippen LogP contribution in [0.25, 0.3) is 10.9 Å². The summed E-state index contributed by atoms with van der Waals surface area (Å²) >= 11 is 3.30. The second kappa shape index (κ2) is 2.54. The molecular formula is C7H4BrN3. The lowest BCUT2D eigenvalue weighted by Crippen LogP contribution is -1.83. The molecule has 0 radical (unpaired) electrons. The largest absolute Gasteiger partial charge is 0.247 e. The highest BCUT2D eigenvalue weighted by Crippen LogP contribution is 2.16. The summed E-state index contributed by atoms with van der Waals surface area (Å²) in [6, 6.07) is 1.88. The first-order valence-corrected chi connectivity index (χ1v) is 3.87. The molecule has 11 heavy (non-hydrogen) atoms. The Morgan fingerprint density at radius 1 is 1.27 bits per heavy atom. The molecule has 2 aromatic heterocycles. The Morgan fingerprint density at radius 2 is 2.18 bits per heavy atom. The predicted octanol–water partition coefficient (Wildman–Crippen LogP) is 1.79. The third-order valence-corrected chi connectivity index (χ3v) is 1.96. The van der Waals surface area contributed by atoms with Crippen LogP contribution in [0.4, 0.5) is 0 Å². The van der Waals surface area contributed by atoms with Crippen LogP contribution >= 0.6 is 15.9 Å². The summed E-state index contributed by atoms with van der Waals surface area (Å²) in [4.78, 5) is 12.0. The lowest BCUT2D eigenvalue weighted by Gasteiger charge is -1.94. The molecule has 0 spiro atoms. The second-order valence-corrected chi connectivity index (χ2v) is 2.81. The molecule has 0 N–H and O–H groups in total. The van der Waals surface area contributed by atoms with Crippen LogP contribution in [-0.4, -0.2) is 15.0 Å². The maximum Gasteiger partial charge on any atom is 0.132 e. The Labute approximate surface area is 71.6 Å². The second-order valence-electron chi connectivity index (χ2n) is 2.06. The van der Waals surface area contributed by atoms with Crippen molar-refractivity contribution >= 4 is 26.8 Å². The molecule has 54 valence electrons. The molecule has 0 saturated carbocycles. The highest BCUT2D eigenvalue weighted by atomic mass is 79.9. The Morgan fingerprint density at radius 3 is 3.00 bits per heavy atom. The van der Waals surface area contributed by atoms with Gasteiger partial charge in [0.1, 0.15) is 16.4 Å². The van der Waals surface area contributed by atoms with Gasteiger partial charge in [0, 0.05) is 17.8 Å². The van der Waals surface area contributed by atoms with Crippen molar-refractivity contribution in [2.45, 2.75) is 0 Å². The van der Waals surface area contributed by atoms with E-state index in [1.165, 1.54) is 6.33 Å². The summed E-state index contributed by atoms with van der Waals surface area (Å²) in [5.74, 6) is 0. The highest BCUT2D eigenvalue weighted by Gasteiger charge is 1.97. The zero-order valence-corrected chi connectivity index (χ0v) is 7.12. The fraction of sp³-hybridized carbons (Fsp3) is 0. The van der Waals surface area contributed by atoms with E-state index in [0.29, 0.717) is 0 Å². The molecule has 0 saturated heterocycles. The fourth-order valence-electron chi connectivity index (χ4n) is 0.879. The van der Waals surface area contributed by atoms with Crippen LogP contribution in [0.2, 0.25) is 0 Å². The van der Waals surface area contributed by atoms with Crippen LogP contribution in [0, 0.1) is 0 Å². The summed E-state index contributed by atoms with van der Waals surface area (Å²) in [6.45, 7) is 0. The van der Waals surface area contributed by atoms with Crippen LogP contribution in [0.3, 0.4) is 0 Å². The van der Waals surface area contributed by atoms with Crippen molar-refractivity contribution in [2.75, 3.05) is 0 Å². The van der Waals surface area contributed by atoms with Gasteiger partial charge in [0.15, 0.2) is 0 Å². The summed E-state index contributed by atoms with van der Waals surface area (Å²) in [6.07, 6.45) is 4.99. The standard InChI is InChI=1S/C7H4BrN3/c8-7-6-5(1-2-10-7)3-9-4-11-6/h1-4H. The Bertz CT molecular complexity index is 383. The molecule has 0 aliphatic carbocycles. The average Bonchev–Trinajstić information content (AvgIpc) is 2.06. The van der Waals surface area contributed by atoms with Crippen LogP contribution in [0.5, 0.6) is 0 Å². The van der Waals surface area contributed by atoms with Crippen LogP contribution < -0.4 is 0 Å². The summed E-state index contributed by atoms with van der Waals surface area (Å²) in [5.41, 5.74) is 0.850. The fourth-order valence-corrected chi connectivity index (χ4v) is 1.33. The maximum atomic E-state index is 4.06. The number of hydrogen-bond acceptors (Lipinski definition) is 3. The van der Waals surface area contributed by atoms with E-state index < -0.39 is 0 Å². The molecule has 0 aliphatic rings. The quantitative estimate of drug-likeness (QED) is 0.622.